The third-order valence-electron chi connectivity index (χ3n) is 9.41. The predicted octanol–water partition coefficient (Wildman–Crippen LogP) is 5.20. The molecule has 0 radical (unpaired) electrons. The smallest absolute Gasteiger partial charge is 0.192 e. The van der Waals surface area contributed by atoms with Crippen LogP contribution in [-0.4, -0.2) is 48.1 Å². The van der Waals surface area contributed by atoms with E-state index in [1.54, 1.807) is 0 Å². The summed E-state index contributed by atoms with van der Waals surface area (Å²) >= 11 is 0. The van der Waals surface area contributed by atoms with Crippen LogP contribution in [0.1, 0.15) is 74.1 Å². The molecular weight excluding hydrogens is 404 g/mol. The summed E-state index contributed by atoms with van der Waals surface area (Å²) in [6.45, 7) is 24.4. The van der Waals surface area contributed by atoms with E-state index in [9.17, 15) is 15.3 Å². The lowest BCUT2D eigenvalue weighted by Crippen LogP contribution is -2.60. The lowest BCUT2D eigenvalue weighted by molar-refractivity contribution is -0.122. The highest BCUT2D eigenvalue weighted by atomic mass is 28.4. The Labute approximate surface area is 190 Å². The van der Waals surface area contributed by atoms with E-state index in [1.165, 1.54) is 11.1 Å². The third kappa shape index (κ3) is 4.03. The van der Waals surface area contributed by atoms with Gasteiger partial charge in [-0.05, 0) is 72.7 Å². The van der Waals surface area contributed by atoms with Gasteiger partial charge in [0.05, 0.1) is 24.4 Å². The van der Waals surface area contributed by atoms with Gasteiger partial charge >= 0.3 is 0 Å². The highest BCUT2D eigenvalue weighted by Gasteiger charge is 2.58. The number of fused-ring (bicyclic) bond motifs is 3. The van der Waals surface area contributed by atoms with Gasteiger partial charge in [0, 0.05) is 11.8 Å². The van der Waals surface area contributed by atoms with Crippen LogP contribution >= 0.6 is 0 Å². The number of aliphatic hydroxyl groups excluding tert-OH is 3. The topological polar surface area (TPSA) is 69.9 Å². The van der Waals surface area contributed by atoms with Gasteiger partial charge in [-0.2, -0.15) is 0 Å². The van der Waals surface area contributed by atoms with E-state index in [1.807, 2.05) is 0 Å². The van der Waals surface area contributed by atoms with Gasteiger partial charge in [0.1, 0.15) is 0 Å². The van der Waals surface area contributed by atoms with Crippen LogP contribution in [0.3, 0.4) is 0 Å². The van der Waals surface area contributed by atoms with E-state index < -0.39 is 32.0 Å². The third-order valence-corrected chi connectivity index (χ3v) is 13.9. The molecule has 0 spiro atoms. The maximum atomic E-state index is 11.7. The summed E-state index contributed by atoms with van der Waals surface area (Å²) in [4.78, 5) is 0. The van der Waals surface area contributed by atoms with Crippen LogP contribution in [0.25, 0.3) is 0 Å². The Kier molecular flexibility index (Phi) is 6.33. The van der Waals surface area contributed by atoms with Crippen LogP contribution in [0.15, 0.2) is 23.3 Å². The summed E-state index contributed by atoms with van der Waals surface area (Å²) in [5, 5.41) is 33.6. The Bertz CT molecular complexity index is 762. The Hall–Kier alpha value is -0.463. The summed E-state index contributed by atoms with van der Waals surface area (Å²) in [7, 11) is -2.06. The van der Waals surface area contributed by atoms with Gasteiger partial charge in [-0.15, -0.1) is 0 Å². The van der Waals surface area contributed by atoms with Crippen LogP contribution in [0, 0.1) is 22.7 Å². The van der Waals surface area contributed by atoms with Crippen molar-refractivity contribution in [2.24, 2.45) is 22.7 Å². The molecule has 0 amide bonds. The molecule has 7 atom stereocenters. The fraction of sp³-hybridized carbons (Fsp3) is 0.846. The minimum Gasteiger partial charge on any atom is -0.410 e. The first-order chi connectivity index (χ1) is 13.9. The van der Waals surface area contributed by atoms with E-state index in [2.05, 4.69) is 68.1 Å². The Morgan fingerprint density at radius 2 is 1.68 bits per heavy atom. The minimum atomic E-state index is -2.06. The van der Waals surface area contributed by atoms with E-state index in [4.69, 9.17) is 4.43 Å². The molecule has 3 aliphatic rings. The number of rotatable bonds is 2. The number of hydrogen-bond acceptors (Lipinski definition) is 4. The van der Waals surface area contributed by atoms with Crippen LogP contribution in [-0.2, 0) is 4.43 Å². The predicted molar refractivity (Wildman–Crippen MR) is 129 cm³/mol. The van der Waals surface area contributed by atoms with E-state index in [0.29, 0.717) is 12.8 Å². The van der Waals surface area contributed by atoms with Crippen molar-refractivity contribution in [2.75, 3.05) is 0 Å². The molecular formula is C26H46O4Si. The highest BCUT2D eigenvalue weighted by Crippen LogP contribution is 2.59. The molecule has 4 nitrogen and oxygen atoms in total. The molecule has 3 rings (SSSR count). The number of aliphatic hydroxyl groups is 3. The average molecular weight is 451 g/mol. The van der Waals surface area contributed by atoms with Gasteiger partial charge < -0.3 is 19.7 Å². The summed E-state index contributed by atoms with van der Waals surface area (Å²) in [5.41, 5.74) is 2.58. The molecule has 0 aromatic heterocycles. The maximum Gasteiger partial charge on any atom is 0.192 e. The second-order valence-corrected chi connectivity index (χ2v) is 17.8. The summed E-state index contributed by atoms with van der Waals surface area (Å²) in [6, 6.07) is 0. The molecule has 3 N–H and O–H groups in total. The molecule has 178 valence electrons. The van der Waals surface area contributed by atoms with Crippen LogP contribution in [0.4, 0.5) is 0 Å². The quantitative estimate of drug-likeness (QED) is 0.399. The molecule has 0 heterocycles. The lowest BCUT2D eigenvalue weighted by Gasteiger charge is -2.59. The molecule has 0 aliphatic heterocycles. The first kappa shape index (κ1) is 25.2. The van der Waals surface area contributed by atoms with Crippen molar-refractivity contribution in [1.29, 1.82) is 0 Å². The average Bonchev–Trinajstić information content (AvgIpc) is 2.55. The zero-order valence-corrected chi connectivity index (χ0v) is 22.2. The van der Waals surface area contributed by atoms with Gasteiger partial charge in [-0.25, -0.2) is 0 Å². The normalized spacial score (nSPS) is 41.5. The lowest BCUT2D eigenvalue weighted by atomic mass is 9.50. The van der Waals surface area contributed by atoms with Crippen molar-refractivity contribution in [3.05, 3.63) is 23.3 Å². The first-order valence-corrected chi connectivity index (χ1v) is 15.0. The maximum absolute atomic E-state index is 11.7. The van der Waals surface area contributed by atoms with Crippen LogP contribution < -0.4 is 0 Å². The molecule has 3 aliphatic carbocycles. The summed E-state index contributed by atoms with van der Waals surface area (Å²) in [6.07, 6.45) is 0.872. The van der Waals surface area contributed by atoms with E-state index in [0.717, 1.165) is 18.4 Å². The van der Waals surface area contributed by atoms with Gasteiger partial charge in [0.15, 0.2) is 8.32 Å². The van der Waals surface area contributed by atoms with Crippen molar-refractivity contribution in [3.8, 4) is 0 Å². The SMILES string of the molecule is C=C1[C@@H](O)CC[C@@]2(C)C[C@H](O[Si](C)(C)C(C)(C)C)C3=C(C)C[C@H](O)[C@@H]([C@@H](O)[C@H]12)C3(C)C. The Balaban J connectivity index is 2.20. The van der Waals surface area contributed by atoms with Crippen LogP contribution in [0.5, 0.6) is 0 Å². The van der Waals surface area contributed by atoms with Crippen molar-refractivity contribution >= 4 is 8.32 Å². The fourth-order valence-corrected chi connectivity index (χ4v) is 8.06. The second-order valence-electron chi connectivity index (χ2n) is 13.0. The summed E-state index contributed by atoms with van der Waals surface area (Å²) in [5.74, 6) is -0.566. The Morgan fingerprint density at radius 1 is 1.10 bits per heavy atom. The van der Waals surface area contributed by atoms with Gasteiger partial charge in [-0.3, -0.25) is 0 Å². The molecule has 0 unspecified atom stereocenters. The van der Waals surface area contributed by atoms with Gasteiger partial charge in [0.2, 0.25) is 0 Å². The standard InChI is InChI=1S/C26H46O4Si/c1-15-13-18(28)22-23(29)21-16(2)17(27)11-12-26(21,8)14-19(20(15)25(22,6)7)30-31(9,10)24(3,4)5/h17-19,21-23,27-29H,2,11-14H2,1,3-10H3/t17-,18-,19-,21-,22-,23-,26-/m0/s1. The molecule has 31 heavy (non-hydrogen) atoms. The monoisotopic (exact) mass is 450 g/mol. The zero-order valence-electron chi connectivity index (χ0n) is 21.2. The molecule has 2 saturated carbocycles. The second kappa shape index (κ2) is 7.80. The van der Waals surface area contributed by atoms with Crippen molar-refractivity contribution in [1.82, 2.24) is 0 Å². The van der Waals surface area contributed by atoms with Gasteiger partial charge in [-0.1, -0.05) is 53.7 Å². The van der Waals surface area contributed by atoms with Crippen molar-refractivity contribution < 1.29 is 19.7 Å². The highest BCUT2D eigenvalue weighted by molar-refractivity contribution is 6.74. The molecule has 2 bridgehead atoms. The number of hydrogen-bond donors (Lipinski definition) is 3. The molecule has 5 heteroatoms. The van der Waals surface area contributed by atoms with Gasteiger partial charge in [0.25, 0.3) is 0 Å². The molecule has 0 aromatic rings. The Morgan fingerprint density at radius 3 is 2.23 bits per heavy atom. The zero-order chi connectivity index (χ0) is 23.7. The van der Waals surface area contributed by atoms with Crippen LogP contribution in [0.2, 0.25) is 18.1 Å². The molecule has 2 fully saturated rings. The summed E-state index contributed by atoms with van der Waals surface area (Å²) < 4.78 is 7.14. The minimum absolute atomic E-state index is 0.0473. The largest absolute Gasteiger partial charge is 0.410 e. The van der Waals surface area contributed by atoms with Crippen molar-refractivity contribution in [2.45, 2.75) is 117 Å². The van der Waals surface area contributed by atoms with Crippen molar-refractivity contribution in [3.63, 3.8) is 0 Å². The van der Waals surface area contributed by atoms with E-state index >= 15 is 0 Å². The molecule has 0 saturated heterocycles. The fourth-order valence-electron chi connectivity index (χ4n) is 6.79. The molecule has 0 aromatic carbocycles. The first-order valence-electron chi connectivity index (χ1n) is 12.0. The van der Waals surface area contributed by atoms with E-state index in [-0.39, 0.29) is 28.4 Å².